The second-order valence-electron chi connectivity index (χ2n) is 6.27. The normalized spacial score (nSPS) is 26.1. The zero-order valence-corrected chi connectivity index (χ0v) is 14.4. The number of hydrogen-bond donors (Lipinski definition) is 1. The van der Waals surface area contributed by atoms with E-state index in [1.165, 1.54) is 11.3 Å². The summed E-state index contributed by atoms with van der Waals surface area (Å²) in [7, 11) is -2.82. The van der Waals surface area contributed by atoms with Crippen LogP contribution in [0.25, 0.3) is 0 Å². The van der Waals surface area contributed by atoms with Crippen molar-refractivity contribution in [3.05, 3.63) is 21.9 Å². The summed E-state index contributed by atoms with van der Waals surface area (Å²) in [4.78, 5) is 15.3. The van der Waals surface area contributed by atoms with Gasteiger partial charge >= 0.3 is 0 Å². The average molecular weight is 342 g/mol. The number of rotatable bonds is 3. The third-order valence-corrected chi connectivity index (χ3v) is 7.42. The van der Waals surface area contributed by atoms with Crippen molar-refractivity contribution in [1.82, 2.24) is 10.2 Å². The minimum absolute atomic E-state index is 0.0226. The molecule has 0 aliphatic carbocycles. The van der Waals surface area contributed by atoms with E-state index in [2.05, 4.69) is 10.2 Å². The Morgan fingerprint density at radius 1 is 1.32 bits per heavy atom. The second kappa shape index (κ2) is 6.29. The van der Waals surface area contributed by atoms with Crippen molar-refractivity contribution < 1.29 is 13.2 Å². The molecule has 0 radical (unpaired) electrons. The molecule has 0 saturated carbocycles. The van der Waals surface area contributed by atoms with Gasteiger partial charge in [0.1, 0.15) is 0 Å². The molecule has 1 aromatic heterocycles. The lowest BCUT2D eigenvalue weighted by Gasteiger charge is -2.35. The Kier molecular flexibility index (Phi) is 4.56. The van der Waals surface area contributed by atoms with E-state index in [0.717, 1.165) is 42.8 Å². The monoisotopic (exact) mass is 342 g/mol. The van der Waals surface area contributed by atoms with E-state index < -0.39 is 9.84 Å². The van der Waals surface area contributed by atoms with Gasteiger partial charge in [0.2, 0.25) is 0 Å². The summed E-state index contributed by atoms with van der Waals surface area (Å²) in [6, 6.07) is 2.34. The van der Waals surface area contributed by atoms with Crippen molar-refractivity contribution in [3.63, 3.8) is 0 Å². The summed E-state index contributed by atoms with van der Waals surface area (Å²) in [5.41, 5.74) is 1.02. The fourth-order valence-electron chi connectivity index (χ4n) is 3.33. The van der Waals surface area contributed by atoms with Crippen LogP contribution in [-0.2, 0) is 9.84 Å². The third-order valence-electron chi connectivity index (χ3n) is 4.66. The van der Waals surface area contributed by atoms with Crippen molar-refractivity contribution in [1.29, 1.82) is 0 Å². The van der Waals surface area contributed by atoms with E-state index >= 15 is 0 Å². The fraction of sp³-hybridized carbons (Fsp3) is 0.667. The Balaban J connectivity index is 1.50. The molecule has 0 bridgehead atoms. The lowest BCUT2D eigenvalue weighted by molar-refractivity contribution is 0.0901. The molecule has 22 heavy (non-hydrogen) atoms. The van der Waals surface area contributed by atoms with Gasteiger partial charge in [0, 0.05) is 25.2 Å². The second-order valence-corrected chi connectivity index (χ2v) is 9.42. The van der Waals surface area contributed by atoms with E-state index in [4.69, 9.17) is 0 Å². The molecule has 1 unspecified atom stereocenters. The van der Waals surface area contributed by atoms with Crippen molar-refractivity contribution in [3.8, 4) is 0 Å². The smallest absolute Gasteiger partial charge is 0.261 e. The summed E-state index contributed by atoms with van der Waals surface area (Å²) >= 11 is 1.48. The van der Waals surface area contributed by atoms with Crippen molar-refractivity contribution >= 4 is 27.1 Å². The molecule has 1 N–H and O–H groups in total. The molecular weight excluding hydrogens is 320 g/mol. The zero-order chi connectivity index (χ0) is 15.7. The number of amides is 1. The first-order valence-corrected chi connectivity index (χ1v) is 10.4. The van der Waals surface area contributed by atoms with Crippen molar-refractivity contribution in [2.75, 3.05) is 24.6 Å². The number of nitrogens with one attached hydrogen (secondary N) is 1. The van der Waals surface area contributed by atoms with E-state index in [9.17, 15) is 13.2 Å². The maximum Gasteiger partial charge on any atom is 0.261 e. The molecule has 1 atom stereocenters. The Morgan fingerprint density at radius 3 is 2.59 bits per heavy atom. The summed E-state index contributed by atoms with van der Waals surface area (Å²) in [6.07, 6.45) is 2.55. The maximum absolute atomic E-state index is 12.2. The fourth-order valence-corrected chi connectivity index (χ4v) is 5.92. The average Bonchev–Trinajstić information content (AvgIpc) is 3.05. The van der Waals surface area contributed by atoms with Gasteiger partial charge in [0.05, 0.1) is 16.4 Å². The molecule has 2 aliphatic rings. The van der Waals surface area contributed by atoms with Crippen LogP contribution in [0.2, 0.25) is 0 Å². The Morgan fingerprint density at radius 2 is 2.05 bits per heavy atom. The molecule has 3 rings (SSSR count). The molecule has 2 fully saturated rings. The van der Waals surface area contributed by atoms with Crippen molar-refractivity contribution in [2.24, 2.45) is 0 Å². The highest BCUT2D eigenvalue weighted by molar-refractivity contribution is 7.91. The molecular formula is C15H22N2O3S2. The summed E-state index contributed by atoms with van der Waals surface area (Å²) in [6.45, 7) is 3.69. The van der Waals surface area contributed by atoms with Gasteiger partial charge in [-0.2, -0.15) is 0 Å². The number of aryl methyl sites for hydroxylation is 1. The van der Waals surface area contributed by atoms with Crippen LogP contribution in [0, 0.1) is 6.92 Å². The van der Waals surface area contributed by atoms with Crippen LogP contribution in [0.15, 0.2) is 11.4 Å². The van der Waals surface area contributed by atoms with Crippen LogP contribution < -0.4 is 5.32 Å². The van der Waals surface area contributed by atoms with Gasteiger partial charge < -0.3 is 5.32 Å². The molecule has 5 nitrogen and oxygen atoms in total. The Bertz CT molecular complexity index is 645. The first-order chi connectivity index (χ1) is 10.4. The highest BCUT2D eigenvalue weighted by Gasteiger charge is 2.34. The third kappa shape index (κ3) is 3.52. The molecule has 1 amide bonds. The zero-order valence-electron chi connectivity index (χ0n) is 12.7. The summed E-state index contributed by atoms with van der Waals surface area (Å²) in [5, 5.41) is 5.05. The van der Waals surface area contributed by atoms with Crippen LogP contribution in [0.4, 0.5) is 0 Å². The molecule has 3 heterocycles. The predicted molar refractivity (Wildman–Crippen MR) is 88.2 cm³/mol. The van der Waals surface area contributed by atoms with Gasteiger partial charge in [-0.25, -0.2) is 8.42 Å². The van der Waals surface area contributed by atoms with E-state index in [-0.39, 0.29) is 18.0 Å². The standard InChI is InChI=1S/C15H22N2O3S2/c1-11-4-8-21-14(11)15(18)16-12-2-6-17(7-3-12)13-5-9-22(19,20)10-13/h4,8,12-13H,2-3,5-7,9-10H2,1H3,(H,16,18). The lowest BCUT2D eigenvalue weighted by atomic mass is 10.0. The number of carbonyl (C=O) groups excluding carboxylic acids is 1. The minimum Gasteiger partial charge on any atom is -0.349 e. The van der Waals surface area contributed by atoms with Gasteiger partial charge in [0.25, 0.3) is 5.91 Å². The van der Waals surface area contributed by atoms with Crippen LogP contribution in [-0.4, -0.2) is 55.9 Å². The molecule has 2 aliphatic heterocycles. The van der Waals surface area contributed by atoms with Gasteiger partial charge in [-0.15, -0.1) is 11.3 Å². The topological polar surface area (TPSA) is 66.5 Å². The van der Waals surface area contributed by atoms with Crippen LogP contribution in [0.1, 0.15) is 34.5 Å². The number of piperidine rings is 1. The van der Waals surface area contributed by atoms with Crippen LogP contribution >= 0.6 is 11.3 Å². The van der Waals surface area contributed by atoms with Gasteiger partial charge in [-0.1, -0.05) is 0 Å². The highest BCUT2D eigenvalue weighted by atomic mass is 32.2. The maximum atomic E-state index is 12.2. The number of likely N-dealkylation sites (tertiary alicyclic amines) is 1. The number of nitrogens with zero attached hydrogens (tertiary/aromatic N) is 1. The van der Waals surface area contributed by atoms with E-state index in [1.54, 1.807) is 0 Å². The van der Waals surface area contributed by atoms with Crippen LogP contribution in [0.3, 0.4) is 0 Å². The van der Waals surface area contributed by atoms with Gasteiger partial charge in [-0.05, 0) is 43.2 Å². The van der Waals surface area contributed by atoms with Crippen molar-refractivity contribution in [2.45, 2.75) is 38.3 Å². The molecule has 122 valence electrons. The minimum atomic E-state index is -2.82. The van der Waals surface area contributed by atoms with E-state index in [0.29, 0.717) is 11.5 Å². The lowest BCUT2D eigenvalue weighted by Crippen LogP contribution is -2.48. The molecule has 0 spiro atoms. The largest absolute Gasteiger partial charge is 0.349 e. The Labute approximate surface area is 135 Å². The number of thiophene rings is 1. The molecule has 0 aromatic carbocycles. The predicted octanol–water partition coefficient (Wildman–Crippen LogP) is 1.44. The number of hydrogen-bond acceptors (Lipinski definition) is 5. The van der Waals surface area contributed by atoms with Gasteiger partial charge in [0.15, 0.2) is 9.84 Å². The van der Waals surface area contributed by atoms with E-state index in [1.807, 2.05) is 18.4 Å². The quantitative estimate of drug-likeness (QED) is 0.903. The first kappa shape index (κ1) is 16.0. The Hall–Kier alpha value is -0.920. The number of carbonyl (C=O) groups is 1. The SMILES string of the molecule is Cc1ccsc1C(=O)NC1CCN(C2CCS(=O)(=O)C2)CC1. The number of sulfone groups is 1. The first-order valence-electron chi connectivity index (χ1n) is 7.74. The molecule has 1 aromatic rings. The van der Waals surface area contributed by atoms with Gasteiger partial charge in [-0.3, -0.25) is 9.69 Å². The highest BCUT2D eigenvalue weighted by Crippen LogP contribution is 2.22. The molecule has 7 heteroatoms. The summed E-state index contributed by atoms with van der Waals surface area (Å²) in [5.74, 6) is 0.652. The summed E-state index contributed by atoms with van der Waals surface area (Å²) < 4.78 is 23.1. The van der Waals surface area contributed by atoms with Crippen LogP contribution in [0.5, 0.6) is 0 Å². The molecule has 2 saturated heterocycles.